The maximum absolute atomic E-state index is 12.5. The van der Waals surface area contributed by atoms with Crippen molar-refractivity contribution in [2.75, 3.05) is 13.2 Å². The fraction of sp³-hybridized carbons (Fsp3) is 0.571. The third kappa shape index (κ3) is 2.94. The average Bonchev–Trinajstić information content (AvgIpc) is 3.35. The van der Waals surface area contributed by atoms with Gasteiger partial charge in [-0.3, -0.25) is 4.55 Å². The molecule has 2 aromatic heterocycles. The number of imidazole rings is 1. The fourth-order valence-corrected chi connectivity index (χ4v) is 4.14. The molecule has 2 bridgehead atoms. The van der Waals surface area contributed by atoms with Crippen molar-refractivity contribution in [3.8, 4) is 11.6 Å². The summed E-state index contributed by atoms with van der Waals surface area (Å²) < 4.78 is 48.3. The van der Waals surface area contributed by atoms with E-state index in [4.69, 9.17) is 13.7 Å². The quantitative estimate of drug-likeness (QED) is 0.686. The molecule has 0 aromatic carbocycles. The van der Waals surface area contributed by atoms with Gasteiger partial charge in [-0.25, -0.2) is 9.78 Å². The van der Waals surface area contributed by atoms with Crippen LogP contribution in [0.3, 0.4) is 0 Å². The molecule has 0 spiro atoms. The smallest absolute Gasteiger partial charge is 0.417 e. The van der Waals surface area contributed by atoms with Gasteiger partial charge in [-0.15, -0.1) is 14.5 Å². The number of hydroxylamine groups is 2. The van der Waals surface area contributed by atoms with Crippen molar-refractivity contribution in [3.63, 3.8) is 0 Å². The Bertz CT molecular complexity index is 1010. The Balaban J connectivity index is 1.38. The van der Waals surface area contributed by atoms with E-state index in [1.54, 1.807) is 0 Å². The van der Waals surface area contributed by atoms with Crippen LogP contribution in [0.15, 0.2) is 10.6 Å². The van der Waals surface area contributed by atoms with E-state index in [9.17, 15) is 13.2 Å². The lowest BCUT2D eigenvalue weighted by Crippen LogP contribution is -2.35. The van der Waals surface area contributed by atoms with Crippen molar-refractivity contribution in [2.24, 2.45) is 0 Å². The summed E-state index contributed by atoms with van der Waals surface area (Å²) in [4.78, 5) is 18.3. The first kappa shape index (κ1) is 17.5. The largest absolute Gasteiger partial charge is 0.418 e. The molecule has 1 unspecified atom stereocenters. The van der Waals surface area contributed by atoms with Gasteiger partial charge in [0, 0.05) is 19.3 Å². The number of nitrogens with zero attached hydrogens (tertiary/aromatic N) is 6. The summed E-state index contributed by atoms with van der Waals surface area (Å²) in [7, 11) is -4.79. The molecule has 2 aromatic rings. The molecule has 150 valence electrons. The number of fused-ring (bicyclic) bond motifs is 3. The lowest BCUT2D eigenvalue weighted by Gasteiger charge is -2.27. The Morgan fingerprint density at radius 1 is 1.29 bits per heavy atom. The van der Waals surface area contributed by atoms with Crippen LogP contribution in [0.5, 0.6) is 0 Å². The Morgan fingerprint density at radius 2 is 2.14 bits per heavy atom. The van der Waals surface area contributed by atoms with Crippen LogP contribution in [0.1, 0.15) is 30.6 Å². The van der Waals surface area contributed by atoms with Gasteiger partial charge in [-0.05, 0) is 12.8 Å². The minimum atomic E-state index is -4.79. The molecule has 3 aliphatic heterocycles. The molecule has 2 fully saturated rings. The minimum absolute atomic E-state index is 0.229. The van der Waals surface area contributed by atoms with E-state index < -0.39 is 28.5 Å². The summed E-state index contributed by atoms with van der Waals surface area (Å²) in [6.07, 6.45) is 2.75. The van der Waals surface area contributed by atoms with Crippen molar-refractivity contribution < 1.29 is 31.2 Å². The number of piperidine rings is 1. The van der Waals surface area contributed by atoms with Crippen LogP contribution in [0.2, 0.25) is 0 Å². The van der Waals surface area contributed by atoms with Gasteiger partial charge in [0.15, 0.2) is 0 Å². The molecule has 2 amide bonds. The topological polar surface area (TPSA) is 153 Å². The first-order valence-corrected chi connectivity index (χ1v) is 10.00. The Hall–Kier alpha value is -2.55. The normalized spacial score (nSPS) is 24.7. The molecule has 2 saturated heterocycles. The third-order valence-corrected chi connectivity index (χ3v) is 5.36. The Morgan fingerprint density at radius 3 is 2.93 bits per heavy atom. The first-order chi connectivity index (χ1) is 13.4. The summed E-state index contributed by atoms with van der Waals surface area (Å²) in [5.74, 6) is 1.24. The highest BCUT2D eigenvalue weighted by Crippen LogP contribution is 2.38. The summed E-state index contributed by atoms with van der Waals surface area (Å²) >= 11 is 0. The van der Waals surface area contributed by atoms with E-state index in [1.807, 2.05) is 10.8 Å². The second-order valence-corrected chi connectivity index (χ2v) is 7.75. The van der Waals surface area contributed by atoms with Crippen LogP contribution in [0, 0.1) is 0 Å². The van der Waals surface area contributed by atoms with Gasteiger partial charge in [0.25, 0.3) is 5.89 Å². The highest BCUT2D eigenvalue weighted by molar-refractivity contribution is 7.80. The molecule has 0 saturated carbocycles. The first-order valence-electron chi connectivity index (χ1n) is 8.63. The van der Waals surface area contributed by atoms with Crippen LogP contribution in [-0.2, 0) is 32.6 Å². The molecule has 2 atom stereocenters. The molecule has 28 heavy (non-hydrogen) atoms. The maximum Gasteiger partial charge on any atom is 0.418 e. The zero-order valence-corrected chi connectivity index (χ0v) is 15.3. The van der Waals surface area contributed by atoms with Crippen LogP contribution in [0.4, 0.5) is 4.79 Å². The molecular weight excluding hydrogens is 396 g/mol. The van der Waals surface area contributed by atoms with Gasteiger partial charge >= 0.3 is 16.4 Å². The summed E-state index contributed by atoms with van der Waals surface area (Å²) in [5, 5.41) is 8.77. The minimum Gasteiger partial charge on any atom is -0.417 e. The van der Waals surface area contributed by atoms with E-state index in [-0.39, 0.29) is 18.3 Å². The molecule has 13 nitrogen and oxygen atoms in total. The standard InChI is InChI=1S/C14H16N6O7S/c21-14-19-5-8(20(14)27-28(22,23)24)1-2-10(19)13-17-16-12(26-13)9-6-18-3-4-25-7-11(18)15-9/h6,8,10H,1-5,7H2,(H,22,23,24)/t8-,10?/m1/s1. The van der Waals surface area contributed by atoms with Crippen molar-refractivity contribution in [1.82, 2.24) is 29.7 Å². The fourth-order valence-electron chi connectivity index (χ4n) is 3.75. The van der Waals surface area contributed by atoms with E-state index in [2.05, 4.69) is 19.5 Å². The van der Waals surface area contributed by atoms with Crippen LogP contribution < -0.4 is 0 Å². The van der Waals surface area contributed by atoms with E-state index in [0.29, 0.717) is 43.4 Å². The second-order valence-electron chi connectivity index (χ2n) is 6.74. The molecular formula is C14H16N6O7S. The van der Waals surface area contributed by atoms with E-state index >= 15 is 0 Å². The number of rotatable bonds is 4. The van der Waals surface area contributed by atoms with Crippen molar-refractivity contribution in [3.05, 3.63) is 17.9 Å². The van der Waals surface area contributed by atoms with Crippen LogP contribution in [0.25, 0.3) is 11.6 Å². The molecule has 5 rings (SSSR count). The predicted octanol–water partition coefficient (Wildman–Crippen LogP) is 0.139. The van der Waals surface area contributed by atoms with Crippen molar-refractivity contribution >= 4 is 16.4 Å². The van der Waals surface area contributed by atoms with E-state index in [1.165, 1.54) is 4.90 Å². The number of carbonyl (C=O) groups is 1. The zero-order chi connectivity index (χ0) is 19.5. The lowest BCUT2D eigenvalue weighted by molar-refractivity contribution is -0.0317. The van der Waals surface area contributed by atoms with Gasteiger partial charge in [-0.1, -0.05) is 0 Å². The van der Waals surface area contributed by atoms with Crippen molar-refractivity contribution in [2.45, 2.75) is 38.1 Å². The monoisotopic (exact) mass is 412 g/mol. The van der Waals surface area contributed by atoms with E-state index in [0.717, 1.165) is 5.82 Å². The lowest BCUT2D eigenvalue weighted by atomic mass is 10.0. The zero-order valence-electron chi connectivity index (χ0n) is 14.5. The highest BCUT2D eigenvalue weighted by Gasteiger charge is 2.49. The number of carbonyl (C=O) groups excluding carboxylic acids is 1. The number of urea groups is 1. The Kier molecular flexibility index (Phi) is 3.90. The number of amides is 2. The molecule has 0 aliphatic carbocycles. The average molecular weight is 412 g/mol. The second kappa shape index (κ2) is 6.23. The Labute approximate surface area is 158 Å². The molecule has 1 N–H and O–H groups in total. The summed E-state index contributed by atoms with van der Waals surface area (Å²) in [6.45, 7) is 1.95. The molecule has 3 aliphatic rings. The summed E-state index contributed by atoms with van der Waals surface area (Å²) in [5.41, 5.74) is 0.525. The van der Waals surface area contributed by atoms with Gasteiger partial charge < -0.3 is 18.6 Å². The summed E-state index contributed by atoms with van der Waals surface area (Å²) in [6, 6.07) is -1.67. The maximum atomic E-state index is 12.5. The molecule has 5 heterocycles. The van der Waals surface area contributed by atoms with Crippen LogP contribution >= 0.6 is 0 Å². The van der Waals surface area contributed by atoms with Gasteiger partial charge in [-0.2, -0.15) is 13.5 Å². The van der Waals surface area contributed by atoms with Crippen LogP contribution in [-0.4, -0.2) is 67.9 Å². The third-order valence-electron chi connectivity index (χ3n) is 5.01. The highest BCUT2D eigenvalue weighted by atomic mass is 32.3. The molecule has 0 radical (unpaired) electrons. The van der Waals surface area contributed by atoms with Gasteiger partial charge in [0.2, 0.25) is 5.89 Å². The van der Waals surface area contributed by atoms with Crippen molar-refractivity contribution in [1.29, 1.82) is 0 Å². The number of hydrogen-bond donors (Lipinski definition) is 1. The molecule has 14 heteroatoms. The van der Waals surface area contributed by atoms with Gasteiger partial charge in [0.1, 0.15) is 24.2 Å². The number of aromatic nitrogens is 4. The SMILES string of the molecule is O=C1N2C[C@@H](CCC2c2nnc(-c3cn4c(n3)COCC4)o2)N1OS(=O)(=O)O. The predicted molar refractivity (Wildman–Crippen MR) is 87.5 cm³/mol. The number of ether oxygens (including phenoxy) is 1. The van der Waals surface area contributed by atoms with Gasteiger partial charge in [0.05, 0.1) is 12.6 Å². The number of hydrogen-bond acceptors (Lipinski definition) is 9.